The molecule has 2 aliphatic carbocycles. The van der Waals surface area contributed by atoms with E-state index in [0.717, 1.165) is 43.0 Å². The Kier molecular flexibility index (Phi) is 8.10. The Bertz CT molecular complexity index is 1360. The number of para-hydroxylation sites is 2. The summed E-state index contributed by atoms with van der Waals surface area (Å²) >= 11 is 0. The number of carboxylic acids is 1. The number of oxime groups is 1. The van der Waals surface area contributed by atoms with E-state index in [1.54, 1.807) is 0 Å². The molecule has 10 nitrogen and oxygen atoms in total. The van der Waals surface area contributed by atoms with Crippen molar-refractivity contribution >= 4 is 28.6 Å². The van der Waals surface area contributed by atoms with E-state index in [9.17, 15) is 14.4 Å². The molecule has 3 heterocycles. The zero-order chi connectivity index (χ0) is 28.5. The van der Waals surface area contributed by atoms with Crippen molar-refractivity contribution in [3.63, 3.8) is 0 Å². The molecule has 6 rings (SSSR count). The molecule has 4 fully saturated rings. The van der Waals surface area contributed by atoms with E-state index in [-0.39, 0.29) is 35.8 Å². The van der Waals surface area contributed by atoms with Gasteiger partial charge in [0.15, 0.2) is 5.69 Å². The van der Waals surface area contributed by atoms with E-state index in [4.69, 9.17) is 15.7 Å². The van der Waals surface area contributed by atoms with Crippen LogP contribution >= 0.6 is 0 Å². The summed E-state index contributed by atoms with van der Waals surface area (Å²) in [7, 11) is 0. The van der Waals surface area contributed by atoms with Gasteiger partial charge in [-0.25, -0.2) is 9.78 Å². The molecule has 1 aromatic heterocycles. The Balaban J connectivity index is 1.34. The van der Waals surface area contributed by atoms with Gasteiger partial charge in [-0.05, 0) is 68.9 Å². The van der Waals surface area contributed by atoms with Crippen LogP contribution in [-0.2, 0) is 14.4 Å². The number of benzene rings is 1. The van der Waals surface area contributed by atoms with Crippen molar-refractivity contribution in [2.75, 3.05) is 6.61 Å². The molecule has 0 radical (unpaired) electrons. The lowest BCUT2D eigenvalue weighted by Gasteiger charge is -2.55. The predicted molar refractivity (Wildman–Crippen MR) is 155 cm³/mol. The van der Waals surface area contributed by atoms with Crippen LogP contribution in [0.25, 0.3) is 11.0 Å². The van der Waals surface area contributed by atoms with Gasteiger partial charge in [0.25, 0.3) is 5.56 Å². The highest BCUT2D eigenvalue weighted by Gasteiger charge is 2.45. The standard InChI is InChI=1S/C31H41N5O5/c32-28(37)12-11-26(34-41-18-29(38)39)30-31(40)36(27-10-2-1-9-25(27)33-30)24-16-21-7-4-8-22(17-24)35(21)23-14-19-5-3-6-20(13-19)15-23/h1-2,9-10,19-24H,3-8,11-18H2,(H2,32,37)(H,38,39)/b34-26+/t19-,20+,21-,22+,23+,24+. The van der Waals surface area contributed by atoms with E-state index in [1.165, 1.54) is 44.9 Å². The van der Waals surface area contributed by atoms with Crippen LogP contribution < -0.4 is 11.3 Å². The van der Waals surface area contributed by atoms with Crippen molar-refractivity contribution in [3.05, 3.63) is 40.3 Å². The van der Waals surface area contributed by atoms with E-state index >= 15 is 0 Å². The number of carbonyl (C=O) groups excluding carboxylic acids is 1. The van der Waals surface area contributed by atoms with Crippen LogP contribution in [-0.4, -0.2) is 61.9 Å². The van der Waals surface area contributed by atoms with Crippen molar-refractivity contribution in [2.24, 2.45) is 22.7 Å². The molecule has 2 aromatic rings. The van der Waals surface area contributed by atoms with Gasteiger partial charge in [-0.3, -0.25) is 14.5 Å². The van der Waals surface area contributed by atoms with Crippen LogP contribution in [0.15, 0.2) is 34.2 Å². The van der Waals surface area contributed by atoms with Crippen molar-refractivity contribution in [2.45, 2.75) is 108 Å². The quantitative estimate of drug-likeness (QED) is 0.347. The maximum atomic E-state index is 14.2. The number of nitrogens with zero attached hydrogens (tertiary/aromatic N) is 4. The van der Waals surface area contributed by atoms with Gasteiger partial charge in [-0.1, -0.05) is 43.0 Å². The number of amides is 1. The fourth-order valence-corrected chi connectivity index (χ4v) is 8.45. The first-order chi connectivity index (χ1) is 19.9. The smallest absolute Gasteiger partial charge is 0.344 e. The van der Waals surface area contributed by atoms with Gasteiger partial charge in [-0.15, -0.1) is 0 Å². The maximum absolute atomic E-state index is 14.2. The second kappa shape index (κ2) is 11.9. The Labute approximate surface area is 239 Å². The first-order valence-corrected chi connectivity index (χ1v) is 15.4. The Morgan fingerprint density at radius 2 is 1.61 bits per heavy atom. The molecule has 1 amide bonds. The van der Waals surface area contributed by atoms with Gasteiger partial charge in [0.05, 0.1) is 11.0 Å². The van der Waals surface area contributed by atoms with Gasteiger partial charge < -0.3 is 20.2 Å². The fourth-order valence-electron chi connectivity index (χ4n) is 8.45. The molecule has 41 heavy (non-hydrogen) atoms. The minimum Gasteiger partial charge on any atom is -0.479 e. The Hall–Kier alpha value is -3.27. The minimum absolute atomic E-state index is 0.0149. The molecule has 3 N–H and O–H groups in total. The summed E-state index contributed by atoms with van der Waals surface area (Å²) in [6.07, 6.45) is 13.6. The largest absolute Gasteiger partial charge is 0.479 e. The van der Waals surface area contributed by atoms with Crippen LogP contribution in [0.3, 0.4) is 0 Å². The first kappa shape index (κ1) is 27.9. The molecular weight excluding hydrogens is 522 g/mol. The van der Waals surface area contributed by atoms with Gasteiger partial charge in [-0.2, -0.15) is 0 Å². The summed E-state index contributed by atoms with van der Waals surface area (Å²) in [6.45, 7) is -0.660. The zero-order valence-electron chi connectivity index (χ0n) is 23.6. The van der Waals surface area contributed by atoms with E-state index in [0.29, 0.717) is 23.6 Å². The van der Waals surface area contributed by atoms with E-state index in [2.05, 4.69) is 15.0 Å². The first-order valence-electron chi connectivity index (χ1n) is 15.4. The van der Waals surface area contributed by atoms with Crippen molar-refractivity contribution < 1.29 is 19.5 Å². The molecule has 2 saturated carbocycles. The van der Waals surface area contributed by atoms with Crippen LogP contribution in [0.1, 0.15) is 95.2 Å². The molecule has 4 bridgehead atoms. The molecule has 0 unspecified atom stereocenters. The number of carboxylic acid groups (broad SMARTS) is 1. The number of aliphatic carboxylic acids is 1. The number of nitrogens with two attached hydrogens (primary N) is 1. The SMILES string of the molecule is NC(=O)CC/C(=N\OCC(=O)O)c1nc2ccccc2n([C@H]2C[C@H]3CCC[C@@H](C2)N3[C@H]2C[C@@H]3CCC[C@@H](C3)C2)c1=O. The van der Waals surface area contributed by atoms with E-state index in [1.807, 2.05) is 28.8 Å². The summed E-state index contributed by atoms with van der Waals surface area (Å²) < 4.78 is 1.90. The summed E-state index contributed by atoms with van der Waals surface area (Å²) in [5, 5.41) is 13.0. The van der Waals surface area contributed by atoms with Crippen molar-refractivity contribution in [1.82, 2.24) is 14.5 Å². The third-order valence-electron chi connectivity index (χ3n) is 9.93. The molecule has 2 aliphatic heterocycles. The number of fused-ring (bicyclic) bond motifs is 5. The summed E-state index contributed by atoms with van der Waals surface area (Å²) in [5.41, 5.74) is 6.77. The summed E-state index contributed by atoms with van der Waals surface area (Å²) in [5.74, 6) is 0.0133. The lowest BCUT2D eigenvalue weighted by Crippen LogP contribution is -2.58. The molecular formula is C31H41N5O5. The normalized spacial score (nSPS) is 30.2. The van der Waals surface area contributed by atoms with Crippen LogP contribution in [0, 0.1) is 11.8 Å². The summed E-state index contributed by atoms with van der Waals surface area (Å²) in [6, 6.07) is 9.22. The molecule has 4 aliphatic rings. The molecule has 220 valence electrons. The number of primary amides is 1. The number of aromatic nitrogens is 2. The number of hydrogen-bond acceptors (Lipinski definition) is 7. The third-order valence-corrected chi connectivity index (χ3v) is 9.93. The van der Waals surface area contributed by atoms with Crippen LogP contribution in [0.5, 0.6) is 0 Å². The second-order valence-corrected chi connectivity index (χ2v) is 12.6. The highest BCUT2D eigenvalue weighted by atomic mass is 16.6. The van der Waals surface area contributed by atoms with Crippen LogP contribution in [0.2, 0.25) is 0 Å². The topological polar surface area (TPSA) is 140 Å². The highest BCUT2D eigenvalue weighted by molar-refractivity contribution is 6.01. The predicted octanol–water partition coefficient (Wildman–Crippen LogP) is 3.99. The zero-order valence-corrected chi connectivity index (χ0v) is 23.6. The minimum atomic E-state index is -1.19. The third kappa shape index (κ3) is 5.89. The monoisotopic (exact) mass is 563 g/mol. The highest BCUT2D eigenvalue weighted by Crippen LogP contribution is 2.47. The van der Waals surface area contributed by atoms with Gasteiger partial charge in [0.1, 0.15) is 5.71 Å². The average Bonchev–Trinajstić information content (AvgIpc) is 2.93. The van der Waals surface area contributed by atoms with Gasteiger partial charge in [0.2, 0.25) is 12.5 Å². The number of rotatable bonds is 9. The number of piperidine rings is 2. The van der Waals surface area contributed by atoms with Gasteiger partial charge in [0, 0.05) is 37.0 Å². The summed E-state index contributed by atoms with van der Waals surface area (Å²) in [4.78, 5) is 49.4. The molecule has 0 spiro atoms. The maximum Gasteiger partial charge on any atom is 0.344 e. The number of carbonyl (C=O) groups is 2. The lowest BCUT2D eigenvalue weighted by atomic mass is 9.68. The van der Waals surface area contributed by atoms with Gasteiger partial charge >= 0.3 is 5.97 Å². The average molecular weight is 564 g/mol. The Morgan fingerprint density at radius 1 is 0.927 bits per heavy atom. The molecule has 10 heteroatoms. The fraction of sp³-hybridized carbons (Fsp3) is 0.645. The molecule has 6 atom stereocenters. The molecule has 1 aromatic carbocycles. The van der Waals surface area contributed by atoms with Crippen LogP contribution in [0.4, 0.5) is 0 Å². The van der Waals surface area contributed by atoms with Crippen molar-refractivity contribution in [3.8, 4) is 0 Å². The molecule has 2 saturated heterocycles. The Morgan fingerprint density at radius 3 is 2.29 bits per heavy atom. The van der Waals surface area contributed by atoms with Crippen molar-refractivity contribution in [1.29, 1.82) is 0 Å². The lowest BCUT2D eigenvalue weighted by molar-refractivity contribution is -0.142. The number of hydrogen-bond donors (Lipinski definition) is 2. The second-order valence-electron chi connectivity index (χ2n) is 12.6. The van der Waals surface area contributed by atoms with E-state index < -0.39 is 18.5 Å².